The second kappa shape index (κ2) is 6.03. The maximum absolute atomic E-state index is 14.0. The molecule has 0 saturated carbocycles. The molecule has 0 saturated heterocycles. The molecule has 0 aliphatic rings. The highest BCUT2D eigenvalue weighted by Crippen LogP contribution is 2.30. The van der Waals surface area contributed by atoms with Crippen molar-refractivity contribution in [3.8, 4) is 0 Å². The van der Waals surface area contributed by atoms with Crippen molar-refractivity contribution >= 4 is 11.6 Å². The van der Waals surface area contributed by atoms with Gasteiger partial charge in [-0.15, -0.1) is 0 Å². The van der Waals surface area contributed by atoms with E-state index < -0.39 is 0 Å². The second-order valence-electron chi connectivity index (χ2n) is 4.04. The number of rotatable bonds is 5. The van der Waals surface area contributed by atoms with Crippen LogP contribution in [0.2, 0.25) is 5.02 Å². The predicted octanol–water partition coefficient (Wildman–Crippen LogP) is 4.16. The van der Waals surface area contributed by atoms with Crippen molar-refractivity contribution in [3.63, 3.8) is 0 Å². The molecular formula is C14H15ClFNO. The maximum atomic E-state index is 14.0. The molecule has 0 radical (unpaired) electrons. The zero-order chi connectivity index (χ0) is 13.0. The fraction of sp³-hybridized carbons (Fsp3) is 0.286. The van der Waals surface area contributed by atoms with E-state index in [-0.39, 0.29) is 11.9 Å². The van der Waals surface area contributed by atoms with Crippen LogP contribution in [0.25, 0.3) is 0 Å². The molecule has 0 aliphatic heterocycles. The van der Waals surface area contributed by atoms with Gasteiger partial charge < -0.3 is 9.73 Å². The first-order valence-electron chi connectivity index (χ1n) is 5.94. The average molecular weight is 268 g/mol. The summed E-state index contributed by atoms with van der Waals surface area (Å²) < 4.78 is 19.3. The van der Waals surface area contributed by atoms with Crippen molar-refractivity contribution in [3.05, 3.63) is 58.8 Å². The van der Waals surface area contributed by atoms with Crippen LogP contribution in [0.3, 0.4) is 0 Å². The van der Waals surface area contributed by atoms with Crippen molar-refractivity contribution in [2.24, 2.45) is 0 Å². The Morgan fingerprint density at radius 1 is 1.33 bits per heavy atom. The summed E-state index contributed by atoms with van der Waals surface area (Å²) in [5.74, 6) is 0.336. The topological polar surface area (TPSA) is 25.2 Å². The van der Waals surface area contributed by atoms with Crippen LogP contribution in [0.1, 0.15) is 30.7 Å². The van der Waals surface area contributed by atoms with Gasteiger partial charge in [0.25, 0.3) is 0 Å². The Balaban J connectivity index is 2.40. The Hall–Kier alpha value is -1.32. The van der Waals surface area contributed by atoms with Crippen molar-refractivity contribution in [1.82, 2.24) is 5.32 Å². The minimum absolute atomic E-state index is 0.326. The van der Waals surface area contributed by atoms with Crippen LogP contribution in [0.15, 0.2) is 41.0 Å². The van der Waals surface area contributed by atoms with Gasteiger partial charge in [0.05, 0.1) is 12.3 Å². The van der Waals surface area contributed by atoms with Crippen LogP contribution in [0.4, 0.5) is 4.39 Å². The monoisotopic (exact) mass is 267 g/mol. The summed E-state index contributed by atoms with van der Waals surface area (Å²) in [7, 11) is 0. The number of hydrogen-bond donors (Lipinski definition) is 1. The summed E-state index contributed by atoms with van der Waals surface area (Å²) in [6, 6.07) is 7.93. The lowest BCUT2D eigenvalue weighted by Gasteiger charge is -2.18. The van der Waals surface area contributed by atoms with E-state index in [1.54, 1.807) is 24.5 Å². The first-order chi connectivity index (χ1) is 8.74. The lowest BCUT2D eigenvalue weighted by atomic mass is 10.0. The summed E-state index contributed by atoms with van der Waals surface area (Å²) in [5, 5.41) is 3.65. The van der Waals surface area contributed by atoms with Crippen molar-refractivity contribution < 1.29 is 8.81 Å². The van der Waals surface area contributed by atoms with Gasteiger partial charge in [-0.1, -0.05) is 24.6 Å². The average Bonchev–Trinajstić information content (AvgIpc) is 2.86. The first-order valence-corrected chi connectivity index (χ1v) is 6.32. The molecule has 1 N–H and O–H groups in total. The van der Waals surface area contributed by atoms with Gasteiger partial charge in [0.15, 0.2) is 0 Å². The highest BCUT2D eigenvalue weighted by molar-refractivity contribution is 6.31. The van der Waals surface area contributed by atoms with E-state index >= 15 is 0 Å². The molecule has 1 unspecified atom stereocenters. The Labute approximate surface area is 111 Å². The van der Waals surface area contributed by atoms with E-state index in [1.165, 1.54) is 6.07 Å². The summed E-state index contributed by atoms with van der Waals surface area (Å²) in [5.41, 5.74) is 0.433. The first kappa shape index (κ1) is 13.1. The highest BCUT2D eigenvalue weighted by atomic mass is 35.5. The largest absolute Gasteiger partial charge is 0.467 e. The summed E-state index contributed by atoms with van der Waals surface area (Å²) in [4.78, 5) is 0. The fourth-order valence-corrected chi connectivity index (χ4v) is 2.15. The van der Waals surface area contributed by atoms with E-state index in [0.717, 1.165) is 13.0 Å². The van der Waals surface area contributed by atoms with Crippen molar-refractivity contribution in [2.45, 2.75) is 19.4 Å². The Bertz CT molecular complexity index is 478. The molecule has 2 aromatic rings. The standard InChI is InChI=1S/C14H15ClFNO/c1-2-8-17-14(12-7-4-9-18-12)13-10(15)5-3-6-11(13)16/h3-7,9,14,17H,2,8H2,1H3. The van der Waals surface area contributed by atoms with Crippen LogP contribution < -0.4 is 5.32 Å². The Morgan fingerprint density at radius 3 is 2.78 bits per heavy atom. The maximum Gasteiger partial charge on any atom is 0.129 e. The highest BCUT2D eigenvalue weighted by Gasteiger charge is 2.22. The molecule has 1 heterocycles. The normalized spacial score (nSPS) is 12.6. The van der Waals surface area contributed by atoms with E-state index in [2.05, 4.69) is 12.2 Å². The lowest BCUT2D eigenvalue weighted by molar-refractivity contribution is 0.436. The molecule has 4 heteroatoms. The van der Waals surface area contributed by atoms with Crippen LogP contribution in [0.5, 0.6) is 0 Å². The molecule has 2 rings (SSSR count). The zero-order valence-electron chi connectivity index (χ0n) is 10.1. The van der Waals surface area contributed by atoms with E-state index in [1.807, 2.05) is 6.07 Å². The van der Waals surface area contributed by atoms with E-state index in [0.29, 0.717) is 16.3 Å². The molecule has 0 fully saturated rings. The Morgan fingerprint density at radius 2 is 2.17 bits per heavy atom. The van der Waals surface area contributed by atoms with Gasteiger partial charge in [-0.25, -0.2) is 4.39 Å². The number of hydrogen-bond acceptors (Lipinski definition) is 2. The predicted molar refractivity (Wildman–Crippen MR) is 70.3 cm³/mol. The SMILES string of the molecule is CCCNC(c1ccco1)c1c(F)cccc1Cl. The smallest absolute Gasteiger partial charge is 0.129 e. The molecule has 96 valence electrons. The summed E-state index contributed by atoms with van der Waals surface area (Å²) in [6.07, 6.45) is 2.52. The van der Waals surface area contributed by atoms with Crippen molar-refractivity contribution in [2.75, 3.05) is 6.54 Å². The molecular weight excluding hydrogens is 253 g/mol. The molecule has 1 aromatic heterocycles. The number of halogens is 2. The summed E-state index contributed by atoms with van der Waals surface area (Å²) in [6.45, 7) is 2.81. The number of nitrogens with one attached hydrogen (secondary N) is 1. The minimum atomic E-state index is -0.353. The second-order valence-corrected chi connectivity index (χ2v) is 4.45. The van der Waals surface area contributed by atoms with Gasteiger partial charge in [0.1, 0.15) is 11.6 Å². The molecule has 0 amide bonds. The van der Waals surface area contributed by atoms with Crippen molar-refractivity contribution in [1.29, 1.82) is 0 Å². The van der Waals surface area contributed by atoms with Gasteiger partial charge in [0.2, 0.25) is 0 Å². The third-order valence-electron chi connectivity index (χ3n) is 2.71. The minimum Gasteiger partial charge on any atom is -0.467 e. The third-order valence-corrected chi connectivity index (χ3v) is 3.04. The zero-order valence-corrected chi connectivity index (χ0v) is 10.9. The van der Waals surface area contributed by atoms with E-state index in [9.17, 15) is 4.39 Å². The van der Waals surface area contributed by atoms with Crippen LogP contribution >= 0.6 is 11.6 Å². The third kappa shape index (κ3) is 2.74. The van der Waals surface area contributed by atoms with Crippen LogP contribution in [0, 0.1) is 5.82 Å². The number of furan rings is 1. The van der Waals surface area contributed by atoms with Crippen LogP contribution in [-0.2, 0) is 0 Å². The molecule has 2 nitrogen and oxygen atoms in total. The molecule has 0 aliphatic carbocycles. The fourth-order valence-electron chi connectivity index (χ4n) is 1.88. The van der Waals surface area contributed by atoms with Gasteiger partial charge in [-0.3, -0.25) is 0 Å². The van der Waals surface area contributed by atoms with E-state index in [4.69, 9.17) is 16.0 Å². The quantitative estimate of drug-likeness (QED) is 0.880. The van der Waals surface area contributed by atoms with Gasteiger partial charge in [0, 0.05) is 10.6 Å². The molecule has 18 heavy (non-hydrogen) atoms. The molecule has 1 aromatic carbocycles. The lowest BCUT2D eigenvalue weighted by Crippen LogP contribution is -2.24. The Kier molecular flexibility index (Phi) is 4.39. The van der Waals surface area contributed by atoms with Gasteiger partial charge in [-0.2, -0.15) is 0 Å². The molecule has 0 bridgehead atoms. The number of benzene rings is 1. The van der Waals surface area contributed by atoms with Gasteiger partial charge >= 0.3 is 0 Å². The molecule has 0 spiro atoms. The van der Waals surface area contributed by atoms with Crippen LogP contribution in [-0.4, -0.2) is 6.54 Å². The molecule has 1 atom stereocenters. The van der Waals surface area contributed by atoms with Gasteiger partial charge in [-0.05, 0) is 37.2 Å². The summed E-state index contributed by atoms with van der Waals surface area (Å²) >= 11 is 6.10.